The zero-order valence-electron chi connectivity index (χ0n) is 9.52. The van der Waals surface area contributed by atoms with Crippen LogP contribution >= 0.6 is 12.2 Å². The van der Waals surface area contributed by atoms with Crippen molar-refractivity contribution in [2.75, 3.05) is 31.1 Å². The van der Waals surface area contributed by atoms with Gasteiger partial charge in [0.25, 0.3) is 0 Å². The third-order valence-electron chi connectivity index (χ3n) is 3.73. The van der Waals surface area contributed by atoms with E-state index in [1.165, 1.54) is 19.4 Å². The Labute approximate surface area is 100 Å². The van der Waals surface area contributed by atoms with Crippen LogP contribution in [0.15, 0.2) is 0 Å². The molecule has 0 spiro atoms. The van der Waals surface area contributed by atoms with Crippen LogP contribution in [0.25, 0.3) is 0 Å². The summed E-state index contributed by atoms with van der Waals surface area (Å²) in [4.78, 5) is 4.94. The van der Waals surface area contributed by atoms with E-state index in [9.17, 15) is 0 Å². The normalized spacial score (nSPS) is 26.1. The lowest BCUT2D eigenvalue weighted by molar-refractivity contribution is 0.229. The summed E-state index contributed by atoms with van der Waals surface area (Å²) in [5.41, 5.74) is 0. The van der Waals surface area contributed by atoms with E-state index in [1.807, 2.05) is 11.6 Å². The van der Waals surface area contributed by atoms with Crippen LogP contribution in [0.2, 0.25) is 0 Å². The van der Waals surface area contributed by atoms with E-state index in [0.717, 1.165) is 31.6 Å². The highest BCUT2D eigenvalue weighted by molar-refractivity contribution is 7.71. The SMILES string of the molecule is Cn1c(N2CCN3CCCC3C2)n[nH]c1=S. The fourth-order valence-corrected chi connectivity index (χ4v) is 2.92. The maximum atomic E-state index is 5.14. The summed E-state index contributed by atoms with van der Waals surface area (Å²) in [6, 6.07) is 0.721. The zero-order chi connectivity index (χ0) is 11.1. The molecule has 2 aliphatic heterocycles. The van der Waals surface area contributed by atoms with Crippen molar-refractivity contribution in [1.29, 1.82) is 0 Å². The van der Waals surface area contributed by atoms with Gasteiger partial charge in [0.15, 0.2) is 4.77 Å². The van der Waals surface area contributed by atoms with Crippen molar-refractivity contribution < 1.29 is 0 Å². The number of rotatable bonds is 1. The predicted octanol–water partition coefficient (Wildman–Crippen LogP) is 0.762. The van der Waals surface area contributed by atoms with Gasteiger partial charge in [-0.2, -0.15) is 0 Å². The van der Waals surface area contributed by atoms with Crippen molar-refractivity contribution >= 4 is 18.2 Å². The third kappa shape index (κ3) is 1.56. The third-order valence-corrected chi connectivity index (χ3v) is 4.09. The summed E-state index contributed by atoms with van der Waals surface area (Å²) in [7, 11) is 1.97. The molecule has 16 heavy (non-hydrogen) atoms. The summed E-state index contributed by atoms with van der Waals surface area (Å²) in [6.07, 6.45) is 2.67. The van der Waals surface area contributed by atoms with Crippen LogP contribution in [0.4, 0.5) is 5.95 Å². The minimum Gasteiger partial charge on any atom is -0.338 e. The van der Waals surface area contributed by atoms with Crippen LogP contribution in [0.1, 0.15) is 12.8 Å². The standard InChI is InChI=1S/C10H17N5S/c1-13-9(11-12-10(13)16)15-6-5-14-4-2-3-8(14)7-15/h8H,2-7H2,1H3,(H,12,16). The fourth-order valence-electron chi connectivity index (χ4n) is 2.79. The molecule has 0 amide bonds. The van der Waals surface area contributed by atoms with E-state index in [2.05, 4.69) is 20.0 Å². The van der Waals surface area contributed by atoms with Crippen LogP contribution in [0.5, 0.6) is 0 Å². The van der Waals surface area contributed by atoms with Crippen LogP contribution in [0.3, 0.4) is 0 Å². The highest BCUT2D eigenvalue weighted by Gasteiger charge is 2.31. The highest BCUT2D eigenvalue weighted by Crippen LogP contribution is 2.23. The highest BCUT2D eigenvalue weighted by atomic mass is 32.1. The molecule has 0 aliphatic carbocycles. The minimum atomic E-state index is 0.698. The summed E-state index contributed by atoms with van der Waals surface area (Å²) < 4.78 is 2.66. The van der Waals surface area contributed by atoms with Gasteiger partial charge in [0.1, 0.15) is 0 Å². The lowest BCUT2D eigenvalue weighted by Gasteiger charge is -2.37. The molecular formula is C10H17N5S. The van der Waals surface area contributed by atoms with Crippen molar-refractivity contribution in [2.24, 2.45) is 7.05 Å². The van der Waals surface area contributed by atoms with Crippen molar-refractivity contribution in [3.05, 3.63) is 4.77 Å². The first-order chi connectivity index (χ1) is 7.75. The molecule has 1 atom stereocenters. The number of aromatic nitrogens is 3. The first-order valence-electron chi connectivity index (χ1n) is 5.86. The van der Waals surface area contributed by atoms with Crippen LogP contribution in [-0.4, -0.2) is 51.9 Å². The van der Waals surface area contributed by atoms with E-state index in [0.29, 0.717) is 4.77 Å². The lowest BCUT2D eigenvalue weighted by Crippen LogP contribution is -2.50. The number of hydrogen-bond donors (Lipinski definition) is 1. The van der Waals surface area contributed by atoms with Crippen molar-refractivity contribution in [3.63, 3.8) is 0 Å². The molecule has 6 heteroatoms. The smallest absolute Gasteiger partial charge is 0.225 e. The number of nitrogens with one attached hydrogen (secondary N) is 1. The van der Waals surface area contributed by atoms with Crippen LogP contribution in [-0.2, 0) is 7.05 Å². The zero-order valence-corrected chi connectivity index (χ0v) is 10.3. The van der Waals surface area contributed by atoms with Crippen LogP contribution in [0, 0.1) is 4.77 Å². The second kappa shape index (κ2) is 3.85. The van der Waals surface area contributed by atoms with E-state index in [1.54, 1.807) is 0 Å². The van der Waals surface area contributed by atoms with Crippen molar-refractivity contribution in [3.8, 4) is 0 Å². The molecule has 0 bridgehead atoms. The van der Waals surface area contributed by atoms with Gasteiger partial charge >= 0.3 is 0 Å². The van der Waals surface area contributed by atoms with Gasteiger partial charge in [0.2, 0.25) is 5.95 Å². The van der Waals surface area contributed by atoms with Gasteiger partial charge in [-0.3, -0.25) is 9.47 Å². The Hall–Kier alpha value is -0.880. The molecule has 3 heterocycles. The Morgan fingerprint density at radius 3 is 3.00 bits per heavy atom. The van der Waals surface area contributed by atoms with Gasteiger partial charge in [-0.15, -0.1) is 5.10 Å². The molecule has 2 saturated heterocycles. The Bertz CT molecular complexity index is 437. The van der Waals surface area contributed by atoms with Crippen molar-refractivity contribution in [2.45, 2.75) is 18.9 Å². The van der Waals surface area contributed by atoms with Gasteiger partial charge in [-0.25, -0.2) is 5.10 Å². The maximum absolute atomic E-state index is 5.14. The summed E-state index contributed by atoms with van der Waals surface area (Å²) >= 11 is 5.14. The number of anilines is 1. The Morgan fingerprint density at radius 1 is 1.38 bits per heavy atom. The average molecular weight is 239 g/mol. The number of H-pyrrole nitrogens is 1. The number of fused-ring (bicyclic) bond motifs is 1. The molecule has 5 nitrogen and oxygen atoms in total. The molecule has 1 N–H and O–H groups in total. The topological polar surface area (TPSA) is 40.1 Å². The monoisotopic (exact) mass is 239 g/mol. The van der Waals surface area contributed by atoms with Crippen molar-refractivity contribution in [1.82, 2.24) is 19.7 Å². The Morgan fingerprint density at radius 2 is 2.25 bits per heavy atom. The Kier molecular flexibility index (Phi) is 2.48. The molecule has 2 aliphatic rings. The maximum Gasteiger partial charge on any atom is 0.225 e. The first-order valence-corrected chi connectivity index (χ1v) is 6.27. The molecule has 0 aromatic carbocycles. The summed E-state index contributed by atoms with van der Waals surface area (Å²) in [5.74, 6) is 0.983. The minimum absolute atomic E-state index is 0.698. The van der Waals surface area contributed by atoms with Crippen LogP contribution < -0.4 is 4.90 Å². The fraction of sp³-hybridized carbons (Fsp3) is 0.800. The molecule has 1 aromatic heterocycles. The van der Waals surface area contributed by atoms with Gasteiger partial charge in [0.05, 0.1) is 0 Å². The number of nitrogens with zero attached hydrogens (tertiary/aromatic N) is 4. The molecule has 0 saturated carbocycles. The lowest BCUT2D eigenvalue weighted by atomic mass is 10.2. The second-order valence-corrected chi connectivity index (χ2v) is 5.05. The molecule has 1 aromatic rings. The molecule has 2 fully saturated rings. The molecule has 0 radical (unpaired) electrons. The van der Waals surface area contributed by atoms with Gasteiger partial charge < -0.3 is 4.90 Å². The largest absolute Gasteiger partial charge is 0.338 e. The Balaban J connectivity index is 1.81. The van der Waals surface area contributed by atoms with E-state index in [-0.39, 0.29) is 0 Å². The average Bonchev–Trinajstić information content (AvgIpc) is 2.86. The molecule has 1 unspecified atom stereocenters. The van der Waals surface area contributed by atoms with E-state index < -0.39 is 0 Å². The second-order valence-electron chi connectivity index (χ2n) is 4.67. The first kappa shape index (κ1) is 10.3. The van der Waals surface area contributed by atoms with E-state index >= 15 is 0 Å². The summed E-state index contributed by atoms with van der Waals surface area (Å²) in [5, 5.41) is 7.16. The molecule has 88 valence electrons. The van der Waals surface area contributed by atoms with Gasteiger partial charge in [-0.05, 0) is 31.6 Å². The van der Waals surface area contributed by atoms with E-state index in [4.69, 9.17) is 12.2 Å². The van der Waals surface area contributed by atoms with Gasteiger partial charge in [-0.1, -0.05) is 0 Å². The molecule has 3 rings (SSSR count). The number of piperazine rings is 1. The van der Waals surface area contributed by atoms with Gasteiger partial charge in [0, 0.05) is 32.7 Å². The predicted molar refractivity (Wildman–Crippen MR) is 65.2 cm³/mol. The summed E-state index contributed by atoms with van der Waals surface area (Å²) in [6.45, 7) is 4.58. The number of aromatic amines is 1. The number of hydrogen-bond acceptors (Lipinski definition) is 4. The quantitative estimate of drug-likeness (QED) is 0.735. The molecular weight excluding hydrogens is 222 g/mol.